The molecule has 2 aromatic carbocycles. The first-order valence-electron chi connectivity index (χ1n) is 9.01. The second kappa shape index (κ2) is 9.41. The zero-order valence-corrected chi connectivity index (χ0v) is 17.0. The maximum Gasteiger partial charge on any atom is 0.242 e. The molecule has 0 aliphatic carbocycles. The smallest absolute Gasteiger partial charge is 0.242 e. The summed E-state index contributed by atoms with van der Waals surface area (Å²) in [6.45, 7) is 2.49. The van der Waals surface area contributed by atoms with Crippen LogP contribution in [0.5, 0.6) is 11.5 Å². The molecule has 1 heterocycles. The number of thioether (sulfide) groups is 1. The fraction of sp³-hybridized carbons (Fsp3) is 0.286. The number of amides is 1. The standard InChI is InChI=1S/C21H23N3O3S/c1-4-19-20(25)24(14-15-8-6-5-7-9-15)21(28-19)23-22-13-16-10-11-17(26-2)12-18(16)27-3/h5-13,19H,4,14H2,1-3H3/b22-13-,23-21+/t19-/m0/s1. The molecule has 146 valence electrons. The topological polar surface area (TPSA) is 63.5 Å². The van der Waals surface area contributed by atoms with Gasteiger partial charge in [0.2, 0.25) is 5.91 Å². The van der Waals surface area contributed by atoms with Crippen molar-refractivity contribution in [1.29, 1.82) is 0 Å². The molecule has 0 spiro atoms. The normalized spacial score (nSPS) is 18.2. The van der Waals surface area contributed by atoms with Crippen LogP contribution < -0.4 is 9.47 Å². The van der Waals surface area contributed by atoms with Gasteiger partial charge in [-0.05, 0) is 24.1 Å². The van der Waals surface area contributed by atoms with E-state index < -0.39 is 0 Å². The summed E-state index contributed by atoms with van der Waals surface area (Å²) in [7, 11) is 3.20. The van der Waals surface area contributed by atoms with Gasteiger partial charge < -0.3 is 9.47 Å². The van der Waals surface area contributed by atoms with Crippen LogP contribution in [0.2, 0.25) is 0 Å². The Kier molecular flexibility index (Phi) is 6.71. The molecule has 0 unspecified atom stereocenters. The molecule has 7 heteroatoms. The first-order chi connectivity index (χ1) is 13.7. The zero-order valence-electron chi connectivity index (χ0n) is 16.2. The summed E-state index contributed by atoms with van der Waals surface area (Å²) >= 11 is 1.46. The molecule has 2 aromatic rings. The number of carbonyl (C=O) groups is 1. The van der Waals surface area contributed by atoms with Gasteiger partial charge in [0.15, 0.2) is 5.17 Å². The summed E-state index contributed by atoms with van der Waals surface area (Å²) in [6, 6.07) is 15.4. The van der Waals surface area contributed by atoms with E-state index in [1.54, 1.807) is 31.4 Å². The predicted octanol–water partition coefficient (Wildman–Crippen LogP) is 3.95. The van der Waals surface area contributed by atoms with Gasteiger partial charge in [-0.1, -0.05) is 49.0 Å². The second-order valence-electron chi connectivity index (χ2n) is 6.16. The molecule has 28 heavy (non-hydrogen) atoms. The number of hydrogen-bond donors (Lipinski definition) is 0. The van der Waals surface area contributed by atoms with E-state index in [0.29, 0.717) is 23.2 Å². The molecule has 1 saturated heterocycles. The molecule has 3 rings (SSSR count). The van der Waals surface area contributed by atoms with E-state index in [-0.39, 0.29) is 11.2 Å². The van der Waals surface area contributed by atoms with Crippen LogP contribution in [-0.2, 0) is 11.3 Å². The third-order valence-corrected chi connectivity index (χ3v) is 5.69. The van der Waals surface area contributed by atoms with Crippen LogP contribution in [0, 0.1) is 0 Å². The Morgan fingerprint density at radius 3 is 2.61 bits per heavy atom. The van der Waals surface area contributed by atoms with Crippen molar-refractivity contribution in [3.8, 4) is 11.5 Å². The van der Waals surface area contributed by atoms with Gasteiger partial charge >= 0.3 is 0 Å². The van der Waals surface area contributed by atoms with E-state index in [9.17, 15) is 4.79 Å². The van der Waals surface area contributed by atoms with Crippen molar-refractivity contribution in [2.75, 3.05) is 14.2 Å². The average Bonchev–Trinajstić information content (AvgIpc) is 3.03. The van der Waals surface area contributed by atoms with Crippen LogP contribution in [0.4, 0.5) is 0 Å². The molecule has 1 aliphatic rings. The van der Waals surface area contributed by atoms with E-state index in [2.05, 4.69) is 10.2 Å². The van der Waals surface area contributed by atoms with Gasteiger partial charge in [-0.3, -0.25) is 9.69 Å². The molecule has 0 saturated carbocycles. The molecule has 1 fully saturated rings. The molecule has 0 aromatic heterocycles. The van der Waals surface area contributed by atoms with Crippen molar-refractivity contribution < 1.29 is 14.3 Å². The molecular formula is C21H23N3O3S. The van der Waals surface area contributed by atoms with Gasteiger partial charge in [0, 0.05) is 11.6 Å². The number of benzene rings is 2. The van der Waals surface area contributed by atoms with Crippen molar-refractivity contribution in [3.05, 3.63) is 59.7 Å². The number of methoxy groups -OCH3 is 2. The van der Waals surface area contributed by atoms with Gasteiger partial charge in [0.1, 0.15) is 11.5 Å². The molecule has 1 aliphatic heterocycles. The maximum atomic E-state index is 12.7. The van der Waals surface area contributed by atoms with Crippen LogP contribution in [0.1, 0.15) is 24.5 Å². The van der Waals surface area contributed by atoms with Crippen LogP contribution in [0.3, 0.4) is 0 Å². The highest BCUT2D eigenvalue weighted by molar-refractivity contribution is 8.15. The third-order valence-electron chi connectivity index (χ3n) is 4.36. The Morgan fingerprint density at radius 2 is 1.93 bits per heavy atom. The Balaban J connectivity index is 1.82. The fourth-order valence-electron chi connectivity index (χ4n) is 2.82. The predicted molar refractivity (Wildman–Crippen MR) is 113 cm³/mol. The van der Waals surface area contributed by atoms with Gasteiger partial charge in [0.25, 0.3) is 0 Å². The van der Waals surface area contributed by atoms with Crippen molar-refractivity contribution in [2.45, 2.75) is 25.1 Å². The fourth-order valence-corrected chi connectivity index (χ4v) is 3.85. The number of nitrogens with zero attached hydrogens (tertiary/aromatic N) is 3. The lowest BCUT2D eigenvalue weighted by Gasteiger charge is -2.15. The third kappa shape index (κ3) is 4.54. The Hall–Kier alpha value is -2.80. The minimum atomic E-state index is -0.117. The summed E-state index contributed by atoms with van der Waals surface area (Å²) in [5.74, 6) is 1.43. The maximum absolute atomic E-state index is 12.7. The second-order valence-corrected chi connectivity index (χ2v) is 7.33. The number of amidine groups is 1. The number of hydrogen-bond acceptors (Lipinski definition) is 6. The molecule has 0 N–H and O–H groups in total. The minimum absolute atomic E-state index is 0.0762. The lowest BCUT2D eigenvalue weighted by molar-refractivity contribution is -0.126. The van der Waals surface area contributed by atoms with Crippen LogP contribution in [0.25, 0.3) is 0 Å². The lowest BCUT2D eigenvalue weighted by atomic mass is 10.2. The summed E-state index contributed by atoms with van der Waals surface area (Å²) in [5.41, 5.74) is 1.84. The Labute approximate surface area is 169 Å². The van der Waals surface area contributed by atoms with Crippen LogP contribution in [-0.4, -0.2) is 41.7 Å². The molecule has 6 nitrogen and oxygen atoms in total. The van der Waals surface area contributed by atoms with E-state index in [1.807, 2.05) is 49.4 Å². The van der Waals surface area contributed by atoms with Gasteiger partial charge in [0.05, 0.1) is 32.2 Å². The van der Waals surface area contributed by atoms with Crippen LogP contribution in [0.15, 0.2) is 58.7 Å². The van der Waals surface area contributed by atoms with Gasteiger partial charge in [-0.2, -0.15) is 5.10 Å². The first kappa shape index (κ1) is 19.9. The monoisotopic (exact) mass is 397 g/mol. The highest BCUT2D eigenvalue weighted by Gasteiger charge is 2.36. The van der Waals surface area contributed by atoms with Crippen LogP contribution >= 0.6 is 11.8 Å². The Bertz CT molecular complexity index is 884. The van der Waals surface area contributed by atoms with Gasteiger partial charge in [-0.25, -0.2) is 0 Å². The number of rotatable bonds is 7. The minimum Gasteiger partial charge on any atom is -0.497 e. The number of ether oxygens (including phenoxy) is 2. The van der Waals surface area contributed by atoms with E-state index >= 15 is 0 Å². The lowest BCUT2D eigenvalue weighted by Crippen LogP contribution is -2.31. The van der Waals surface area contributed by atoms with E-state index in [0.717, 1.165) is 17.5 Å². The Morgan fingerprint density at radius 1 is 1.14 bits per heavy atom. The van der Waals surface area contributed by atoms with Crippen molar-refractivity contribution in [3.63, 3.8) is 0 Å². The molecule has 0 radical (unpaired) electrons. The average molecular weight is 398 g/mol. The zero-order chi connectivity index (χ0) is 19.9. The summed E-state index contributed by atoms with van der Waals surface area (Å²) in [6.07, 6.45) is 2.38. The van der Waals surface area contributed by atoms with Gasteiger partial charge in [-0.15, -0.1) is 5.10 Å². The largest absolute Gasteiger partial charge is 0.497 e. The van der Waals surface area contributed by atoms with E-state index in [4.69, 9.17) is 9.47 Å². The quantitative estimate of drug-likeness (QED) is 0.524. The molecule has 1 amide bonds. The summed E-state index contributed by atoms with van der Waals surface area (Å²) < 4.78 is 10.6. The van der Waals surface area contributed by atoms with Crippen molar-refractivity contribution in [1.82, 2.24) is 4.90 Å². The molecule has 1 atom stereocenters. The summed E-state index contributed by atoms with van der Waals surface area (Å²) in [4.78, 5) is 14.4. The van der Waals surface area contributed by atoms with Crippen molar-refractivity contribution in [2.24, 2.45) is 10.2 Å². The molecular weight excluding hydrogens is 374 g/mol. The summed E-state index contributed by atoms with van der Waals surface area (Å²) in [5, 5.41) is 9.04. The first-order valence-corrected chi connectivity index (χ1v) is 9.89. The highest BCUT2D eigenvalue weighted by Crippen LogP contribution is 2.31. The van der Waals surface area contributed by atoms with E-state index in [1.165, 1.54) is 11.8 Å². The SMILES string of the molecule is CC[C@@H]1S/C(=N/N=C\c2ccc(OC)cc2OC)N(Cc2ccccc2)C1=O. The molecule has 0 bridgehead atoms. The number of carbonyl (C=O) groups excluding carboxylic acids is 1. The highest BCUT2D eigenvalue weighted by atomic mass is 32.2. The van der Waals surface area contributed by atoms with Crippen molar-refractivity contribution >= 4 is 29.1 Å².